The first-order valence-corrected chi connectivity index (χ1v) is 7.76. The van der Waals surface area contributed by atoms with Gasteiger partial charge in [-0.3, -0.25) is 9.79 Å². The predicted octanol–water partition coefficient (Wildman–Crippen LogP) is 2.46. The van der Waals surface area contributed by atoms with E-state index in [0.29, 0.717) is 19.1 Å². The fraction of sp³-hybridized carbons (Fsp3) is 0.867. The first-order chi connectivity index (χ1) is 9.63. The molecular formula is C15H31N3O2. The minimum absolute atomic E-state index is 0.134. The van der Waals surface area contributed by atoms with Gasteiger partial charge in [0.05, 0.1) is 6.61 Å². The molecule has 0 fully saturated rings. The van der Waals surface area contributed by atoms with Gasteiger partial charge in [-0.2, -0.15) is 0 Å². The molecule has 0 aromatic heterocycles. The second-order valence-corrected chi connectivity index (χ2v) is 4.95. The molecule has 0 saturated heterocycles. The van der Waals surface area contributed by atoms with Gasteiger partial charge in [0.25, 0.3) is 0 Å². The topological polar surface area (TPSA) is 62.7 Å². The van der Waals surface area contributed by atoms with E-state index in [0.717, 1.165) is 25.3 Å². The molecule has 0 saturated carbocycles. The lowest BCUT2D eigenvalue weighted by Crippen LogP contribution is -2.42. The molecular weight excluding hydrogens is 254 g/mol. The summed E-state index contributed by atoms with van der Waals surface area (Å²) in [5.41, 5.74) is 0. The van der Waals surface area contributed by atoms with E-state index in [1.807, 2.05) is 6.92 Å². The first-order valence-electron chi connectivity index (χ1n) is 7.76. The molecule has 20 heavy (non-hydrogen) atoms. The molecule has 2 N–H and O–H groups in total. The number of ether oxygens (including phenoxy) is 1. The third-order valence-corrected chi connectivity index (χ3v) is 3.00. The molecule has 0 aliphatic carbocycles. The zero-order chi connectivity index (χ0) is 15.2. The van der Waals surface area contributed by atoms with E-state index in [1.165, 1.54) is 19.3 Å². The van der Waals surface area contributed by atoms with Crippen molar-refractivity contribution >= 4 is 11.9 Å². The number of carbonyl (C=O) groups excluding carboxylic acids is 1. The zero-order valence-corrected chi connectivity index (χ0v) is 13.5. The van der Waals surface area contributed by atoms with Crippen LogP contribution in [0.25, 0.3) is 0 Å². The standard InChI is InChI=1S/C15H31N3O2/c1-5-7-8-10-13(3)18-15(16-4)17-12-9-11-14(19)20-6-2/h13H,5-12H2,1-4H3,(H2,16,17,18). The van der Waals surface area contributed by atoms with Gasteiger partial charge in [0.1, 0.15) is 0 Å². The van der Waals surface area contributed by atoms with Gasteiger partial charge in [-0.15, -0.1) is 0 Å². The molecule has 5 heteroatoms. The SMILES string of the molecule is CCCCCC(C)NC(=NC)NCCCC(=O)OCC. The Morgan fingerprint density at radius 1 is 1.25 bits per heavy atom. The highest BCUT2D eigenvalue weighted by Gasteiger charge is 2.05. The molecule has 118 valence electrons. The number of nitrogens with zero attached hydrogens (tertiary/aromatic N) is 1. The maximum atomic E-state index is 11.2. The lowest BCUT2D eigenvalue weighted by Gasteiger charge is -2.17. The van der Waals surface area contributed by atoms with Crippen molar-refractivity contribution in [1.29, 1.82) is 0 Å². The van der Waals surface area contributed by atoms with E-state index < -0.39 is 0 Å². The van der Waals surface area contributed by atoms with E-state index >= 15 is 0 Å². The van der Waals surface area contributed by atoms with Crippen LogP contribution in [0.3, 0.4) is 0 Å². The van der Waals surface area contributed by atoms with Crippen molar-refractivity contribution in [3.8, 4) is 0 Å². The number of guanidine groups is 1. The Balaban J connectivity index is 3.74. The van der Waals surface area contributed by atoms with E-state index in [2.05, 4.69) is 29.5 Å². The van der Waals surface area contributed by atoms with Gasteiger partial charge in [0, 0.05) is 26.1 Å². The second-order valence-electron chi connectivity index (χ2n) is 4.95. The van der Waals surface area contributed by atoms with Crippen molar-refractivity contribution < 1.29 is 9.53 Å². The summed E-state index contributed by atoms with van der Waals surface area (Å²) in [5, 5.41) is 6.58. The predicted molar refractivity (Wildman–Crippen MR) is 84.0 cm³/mol. The summed E-state index contributed by atoms with van der Waals surface area (Å²) in [6.45, 7) is 7.37. The Labute approximate surface area is 123 Å². The molecule has 5 nitrogen and oxygen atoms in total. The van der Waals surface area contributed by atoms with Gasteiger partial charge in [-0.25, -0.2) is 0 Å². The van der Waals surface area contributed by atoms with Crippen LogP contribution in [0.1, 0.15) is 59.3 Å². The van der Waals surface area contributed by atoms with E-state index in [4.69, 9.17) is 4.74 Å². The number of nitrogens with one attached hydrogen (secondary N) is 2. The van der Waals surface area contributed by atoms with Gasteiger partial charge in [-0.05, 0) is 26.7 Å². The zero-order valence-electron chi connectivity index (χ0n) is 13.5. The molecule has 1 unspecified atom stereocenters. The lowest BCUT2D eigenvalue weighted by molar-refractivity contribution is -0.143. The highest BCUT2D eigenvalue weighted by Crippen LogP contribution is 2.02. The van der Waals surface area contributed by atoms with Crippen molar-refractivity contribution in [2.75, 3.05) is 20.2 Å². The molecule has 0 aromatic rings. The average Bonchev–Trinajstić information content (AvgIpc) is 2.42. The molecule has 0 heterocycles. The number of hydrogen-bond acceptors (Lipinski definition) is 3. The molecule has 0 amide bonds. The van der Waals surface area contributed by atoms with Crippen LogP contribution >= 0.6 is 0 Å². The Hall–Kier alpha value is -1.26. The minimum atomic E-state index is -0.134. The van der Waals surface area contributed by atoms with Gasteiger partial charge in [0.2, 0.25) is 0 Å². The van der Waals surface area contributed by atoms with Gasteiger partial charge >= 0.3 is 5.97 Å². The maximum absolute atomic E-state index is 11.2. The molecule has 1 atom stereocenters. The Morgan fingerprint density at radius 3 is 2.60 bits per heavy atom. The maximum Gasteiger partial charge on any atom is 0.305 e. The van der Waals surface area contributed by atoms with Crippen LogP contribution in [0.5, 0.6) is 0 Å². The first kappa shape index (κ1) is 18.7. The van der Waals surface area contributed by atoms with Crippen molar-refractivity contribution in [3.05, 3.63) is 0 Å². The third-order valence-electron chi connectivity index (χ3n) is 3.00. The van der Waals surface area contributed by atoms with Crippen LogP contribution < -0.4 is 10.6 Å². The van der Waals surface area contributed by atoms with Crippen molar-refractivity contribution in [2.45, 2.75) is 65.3 Å². The molecule has 0 spiro atoms. The summed E-state index contributed by atoms with van der Waals surface area (Å²) in [5.74, 6) is 0.669. The Morgan fingerprint density at radius 2 is 2.00 bits per heavy atom. The Kier molecular flexibility index (Phi) is 12.0. The van der Waals surface area contributed by atoms with Crippen LogP contribution in [0.2, 0.25) is 0 Å². The monoisotopic (exact) mass is 285 g/mol. The fourth-order valence-corrected chi connectivity index (χ4v) is 1.87. The smallest absolute Gasteiger partial charge is 0.305 e. The summed E-state index contributed by atoms with van der Waals surface area (Å²) in [6.07, 6.45) is 6.11. The Bertz CT molecular complexity index is 280. The highest BCUT2D eigenvalue weighted by molar-refractivity contribution is 5.79. The summed E-state index contributed by atoms with van der Waals surface area (Å²) in [7, 11) is 1.76. The van der Waals surface area contributed by atoms with Crippen molar-refractivity contribution in [3.63, 3.8) is 0 Å². The molecule has 0 aliphatic heterocycles. The quantitative estimate of drug-likeness (QED) is 0.280. The average molecular weight is 285 g/mol. The fourth-order valence-electron chi connectivity index (χ4n) is 1.87. The molecule has 0 aliphatic rings. The van der Waals surface area contributed by atoms with E-state index in [-0.39, 0.29) is 5.97 Å². The van der Waals surface area contributed by atoms with Gasteiger partial charge in [0.15, 0.2) is 5.96 Å². The minimum Gasteiger partial charge on any atom is -0.466 e. The third kappa shape index (κ3) is 10.6. The van der Waals surface area contributed by atoms with Crippen LogP contribution in [-0.2, 0) is 9.53 Å². The summed E-state index contributed by atoms with van der Waals surface area (Å²) in [4.78, 5) is 15.4. The van der Waals surface area contributed by atoms with E-state index in [1.54, 1.807) is 7.05 Å². The van der Waals surface area contributed by atoms with E-state index in [9.17, 15) is 4.79 Å². The second kappa shape index (κ2) is 12.8. The molecule has 0 rings (SSSR count). The van der Waals surface area contributed by atoms with Crippen LogP contribution in [-0.4, -0.2) is 38.2 Å². The molecule has 0 radical (unpaired) electrons. The molecule has 0 aromatic carbocycles. The van der Waals surface area contributed by atoms with Crippen LogP contribution in [0.4, 0.5) is 0 Å². The van der Waals surface area contributed by atoms with Gasteiger partial charge in [-0.1, -0.05) is 26.2 Å². The normalized spacial score (nSPS) is 12.9. The number of rotatable bonds is 10. The summed E-state index contributed by atoms with van der Waals surface area (Å²) < 4.78 is 4.88. The van der Waals surface area contributed by atoms with Crippen LogP contribution in [0.15, 0.2) is 4.99 Å². The largest absolute Gasteiger partial charge is 0.466 e. The van der Waals surface area contributed by atoms with Crippen molar-refractivity contribution in [1.82, 2.24) is 10.6 Å². The van der Waals surface area contributed by atoms with Gasteiger partial charge < -0.3 is 15.4 Å². The highest BCUT2D eigenvalue weighted by atomic mass is 16.5. The number of esters is 1. The van der Waals surface area contributed by atoms with Crippen LogP contribution in [0, 0.1) is 0 Å². The number of unbranched alkanes of at least 4 members (excludes halogenated alkanes) is 2. The lowest BCUT2D eigenvalue weighted by atomic mass is 10.1. The number of hydrogen-bond donors (Lipinski definition) is 2. The molecule has 0 bridgehead atoms. The van der Waals surface area contributed by atoms with Crippen molar-refractivity contribution in [2.24, 2.45) is 4.99 Å². The summed E-state index contributed by atoms with van der Waals surface area (Å²) in [6, 6.07) is 0.415. The number of carbonyl (C=O) groups is 1. The summed E-state index contributed by atoms with van der Waals surface area (Å²) >= 11 is 0. The number of aliphatic imine (C=N–C) groups is 1.